The molecule has 0 saturated carbocycles. The molecule has 0 bridgehead atoms. The van der Waals surface area contributed by atoms with Gasteiger partial charge in [-0.3, -0.25) is 0 Å². The van der Waals surface area contributed by atoms with Crippen LogP contribution in [0.1, 0.15) is 20.8 Å². The predicted octanol–water partition coefficient (Wildman–Crippen LogP) is 0.782. The highest BCUT2D eigenvalue weighted by atomic mass is 32.1. The van der Waals surface area contributed by atoms with Crippen LogP contribution in [0, 0.1) is 0 Å². The average Bonchev–Trinajstić information content (AvgIpc) is 2.27. The monoisotopic (exact) mass is 265 g/mol. The Morgan fingerprint density at radius 3 is 1.81 bits per heavy atom. The van der Waals surface area contributed by atoms with Gasteiger partial charge in [-0.05, 0) is 27.4 Å². The zero-order chi connectivity index (χ0) is 12.7. The Hall–Kier alpha value is 0.580. The summed E-state index contributed by atoms with van der Waals surface area (Å²) in [6, 6.07) is 0. The van der Waals surface area contributed by atoms with Crippen LogP contribution in [0.25, 0.3) is 0 Å². The maximum atomic E-state index is 4.41. The lowest BCUT2D eigenvalue weighted by Gasteiger charge is -2.36. The van der Waals surface area contributed by atoms with Crippen LogP contribution >= 0.6 is 25.3 Å². The van der Waals surface area contributed by atoms with E-state index in [1.54, 1.807) is 0 Å². The van der Waals surface area contributed by atoms with E-state index in [-0.39, 0.29) is 11.1 Å². The van der Waals surface area contributed by atoms with Gasteiger partial charge in [-0.2, -0.15) is 25.3 Å². The molecule has 0 fully saturated rings. The van der Waals surface area contributed by atoms with Crippen molar-refractivity contribution in [1.29, 1.82) is 0 Å². The van der Waals surface area contributed by atoms with Gasteiger partial charge in [0.15, 0.2) is 0 Å². The zero-order valence-corrected chi connectivity index (χ0v) is 12.7. The standard InChI is InChI=1S/C11H27N3S2/c1-5-13-11(3,9-16)7-14-10(2,8-15)6-12-4/h12-16H,5-9H2,1-4H3/t10-,11-/m0/s1. The van der Waals surface area contributed by atoms with E-state index in [1.165, 1.54) is 0 Å². The van der Waals surface area contributed by atoms with Crippen LogP contribution in [0.3, 0.4) is 0 Å². The Morgan fingerprint density at radius 2 is 1.44 bits per heavy atom. The van der Waals surface area contributed by atoms with Gasteiger partial charge >= 0.3 is 0 Å². The van der Waals surface area contributed by atoms with Crippen molar-refractivity contribution in [2.75, 3.05) is 38.2 Å². The third kappa shape index (κ3) is 5.77. The first kappa shape index (κ1) is 16.6. The highest BCUT2D eigenvalue weighted by Gasteiger charge is 2.27. The molecular formula is C11H27N3S2. The van der Waals surface area contributed by atoms with Gasteiger partial charge in [-0.1, -0.05) is 6.92 Å². The summed E-state index contributed by atoms with van der Waals surface area (Å²) >= 11 is 8.81. The Labute approximate surface area is 111 Å². The molecule has 0 amide bonds. The maximum Gasteiger partial charge on any atom is 0.0366 e. The second-order valence-electron chi connectivity index (χ2n) is 4.85. The summed E-state index contributed by atoms with van der Waals surface area (Å²) in [7, 11) is 1.96. The van der Waals surface area contributed by atoms with Crippen molar-refractivity contribution in [3.8, 4) is 0 Å². The van der Waals surface area contributed by atoms with Gasteiger partial charge in [-0.25, -0.2) is 0 Å². The lowest BCUT2D eigenvalue weighted by molar-refractivity contribution is 0.308. The van der Waals surface area contributed by atoms with Crippen molar-refractivity contribution in [3.63, 3.8) is 0 Å². The minimum absolute atomic E-state index is 0.0253. The average molecular weight is 265 g/mol. The molecule has 0 radical (unpaired) electrons. The molecule has 0 aromatic rings. The van der Waals surface area contributed by atoms with E-state index in [2.05, 4.69) is 62.0 Å². The molecule has 3 nitrogen and oxygen atoms in total. The van der Waals surface area contributed by atoms with Crippen LogP contribution < -0.4 is 16.0 Å². The Kier molecular flexibility index (Phi) is 8.10. The van der Waals surface area contributed by atoms with Crippen molar-refractivity contribution in [2.45, 2.75) is 31.8 Å². The number of hydrogen-bond donors (Lipinski definition) is 5. The fourth-order valence-corrected chi connectivity index (χ4v) is 2.02. The normalized spacial score (nSPS) is 19.1. The van der Waals surface area contributed by atoms with Gasteiger partial charge in [0.25, 0.3) is 0 Å². The molecule has 0 rings (SSSR count). The first-order valence-electron chi connectivity index (χ1n) is 5.81. The molecule has 0 aromatic carbocycles. The quantitative estimate of drug-likeness (QED) is 0.400. The van der Waals surface area contributed by atoms with Crippen molar-refractivity contribution >= 4 is 25.3 Å². The summed E-state index contributed by atoms with van der Waals surface area (Å²) in [6.07, 6.45) is 0. The van der Waals surface area contributed by atoms with E-state index in [0.29, 0.717) is 0 Å². The summed E-state index contributed by atoms with van der Waals surface area (Å²) in [4.78, 5) is 0. The number of hydrogen-bond acceptors (Lipinski definition) is 5. The van der Waals surface area contributed by atoms with Gasteiger partial charge in [0.05, 0.1) is 0 Å². The first-order valence-corrected chi connectivity index (χ1v) is 7.08. The molecule has 5 heteroatoms. The van der Waals surface area contributed by atoms with Gasteiger partial charge in [0.2, 0.25) is 0 Å². The molecule has 0 spiro atoms. The van der Waals surface area contributed by atoms with Gasteiger partial charge < -0.3 is 16.0 Å². The SMILES string of the molecule is CCN[C@](C)(CS)CN[C@](C)(CS)CNC. The molecule has 0 aliphatic heterocycles. The molecular weight excluding hydrogens is 238 g/mol. The predicted molar refractivity (Wildman–Crippen MR) is 80.1 cm³/mol. The van der Waals surface area contributed by atoms with E-state index in [9.17, 15) is 0 Å². The topological polar surface area (TPSA) is 36.1 Å². The molecule has 3 N–H and O–H groups in total. The summed E-state index contributed by atoms with van der Waals surface area (Å²) < 4.78 is 0. The van der Waals surface area contributed by atoms with Crippen molar-refractivity contribution < 1.29 is 0 Å². The molecule has 0 unspecified atom stereocenters. The number of likely N-dealkylation sites (N-methyl/N-ethyl adjacent to an activating group) is 2. The number of thiol groups is 2. The second kappa shape index (κ2) is 7.82. The summed E-state index contributed by atoms with van der Waals surface area (Å²) in [6.45, 7) is 9.25. The Bertz CT molecular complexity index is 172. The van der Waals surface area contributed by atoms with Crippen LogP contribution in [0.15, 0.2) is 0 Å². The van der Waals surface area contributed by atoms with Crippen LogP contribution in [0.2, 0.25) is 0 Å². The molecule has 0 aliphatic rings. The first-order chi connectivity index (χ1) is 7.45. The lowest BCUT2D eigenvalue weighted by Crippen LogP contribution is -2.59. The fourth-order valence-electron chi connectivity index (χ4n) is 1.57. The third-order valence-corrected chi connectivity index (χ3v) is 4.17. The second-order valence-corrected chi connectivity index (χ2v) is 5.48. The fraction of sp³-hybridized carbons (Fsp3) is 1.00. The van der Waals surface area contributed by atoms with Crippen LogP contribution in [0.5, 0.6) is 0 Å². The van der Waals surface area contributed by atoms with E-state index in [0.717, 1.165) is 31.1 Å². The molecule has 0 heterocycles. The molecule has 2 atom stereocenters. The molecule has 16 heavy (non-hydrogen) atoms. The maximum absolute atomic E-state index is 4.41. The molecule has 0 aromatic heterocycles. The van der Waals surface area contributed by atoms with Crippen LogP contribution in [-0.4, -0.2) is 49.3 Å². The van der Waals surface area contributed by atoms with Crippen molar-refractivity contribution in [2.24, 2.45) is 0 Å². The number of nitrogens with one attached hydrogen (secondary N) is 3. The Morgan fingerprint density at radius 1 is 0.938 bits per heavy atom. The van der Waals surface area contributed by atoms with Gasteiger partial charge in [-0.15, -0.1) is 0 Å². The Balaban J connectivity index is 4.26. The van der Waals surface area contributed by atoms with Crippen molar-refractivity contribution in [1.82, 2.24) is 16.0 Å². The minimum Gasteiger partial charge on any atom is -0.318 e. The van der Waals surface area contributed by atoms with Crippen LogP contribution in [0.4, 0.5) is 0 Å². The van der Waals surface area contributed by atoms with Crippen LogP contribution in [-0.2, 0) is 0 Å². The third-order valence-electron chi connectivity index (χ3n) is 2.77. The van der Waals surface area contributed by atoms with E-state index in [4.69, 9.17) is 0 Å². The number of rotatable bonds is 9. The largest absolute Gasteiger partial charge is 0.318 e. The summed E-state index contributed by atoms with van der Waals surface area (Å²) in [5.74, 6) is 1.62. The van der Waals surface area contributed by atoms with Crippen molar-refractivity contribution in [3.05, 3.63) is 0 Å². The highest BCUT2D eigenvalue weighted by molar-refractivity contribution is 7.80. The molecule has 0 saturated heterocycles. The smallest absolute Gasteiger partial charge is 0.0366 e. The van der Waals surface area contributed by atoms with E-state index in [1.807, 2.05) is 7.05 Å². The van der Waals surface area contributed by atoms with Gasteiger partial charge in [0, 0.05) is 35.7 Å². The highest BCUT2D eigenvalue weighted by Crippen LogP contribution is 2.10. The van der Waals surface area contributed by atoms with E-state index < -0.39 is 0 Å². The van der Waals surface area contributed by atoms with E-state index >= 15 is 0 Å². The molecule has 98 valence electrons. The minimum atomic E-state index is 0.0253. The van der Waals surface area contributed by atoms with Gasteiger partial charge in [0.1, 0.15) is 0 Å². The lowest BCUT2D eigenvalue weighted by atomic mass is 10.0. The summed E-state index contributed by atoms with van der Waals surface area (Å²) in [5, 5.41) is 10.2. The molecule has 0 aliphatic carbocycles. The zero-order valence-electron chi connectivity index (χ0n) is 10.9. The summed E-state index contributed by atoms with van der Waals surface area (Å²) in [5.41, 5.74) is 0.0628.